The number of aryl methyl sites for hydroxylation is 1. The molecule has 2 aliphatic heterocycles. The summed E-state index contributed by atoms with van der Waals surface area (Å²) in [6.07, 6.45) is 5.16. The molecule has 1 fully saturated rings. The Balaban J connectivity index is 1.81. The molecule has 1 aromatic carbocycles. The van der Waals surface area contributed by atoms with Gasteiger partial charge in [-0.25, -0.2) is 0 Å². The summed E-state index contributed by atoms with van der Waals surface area (Å²) in [7, 11) is 0. The fraction of sp³-hybridized carbons (Fsp3) is 0.533. The lowest BCUT2D eigenvalue weighted by Crippen LogP contribution is -2.31. The molecule has 0 saturated carbocycles. The van der Waals surface area contributed by atoms with Gasteiger partial charge in [0.1, 0.15) is 0 Å². The molecule has 0 spiro atoms. The normalized spacial score (nSPS) is 23.3. The van der Waals surface area contributed by atoms with Crippen LogP contribution in [0.5, 0.6) is 0 Å². The highest BCUT2D eigenvalue weighted by atomic mass is 16.1. The van der Waals surface area contributed by atoms with Crippen molar-refractivity contribution < 1.29 is 4.79 Å². The van der Waals surface area contributed by atoms with E-state index in [0.717, 1.165) is 31.6 Å². The summed E-state index contributed by atoms with van der Waals surface area (Å²) in [5.74, 6) is 0.876. The monoisotopic (exact) mass is 244 g/mol. The first kappa shape index (κ1) is 11.7. The third-order valence-electron chi connectivity index (χ3n) is 4.03. The van der Waals surface area contributed by atoms with Crippen molar-refractivity contribution >= 4 is 11.6 Å². The minimum Gasteiger partial charge on any atom is -0.326 e. The lowest BCUT2D eigenvalue weighted by atomic mass is 9.89. The number of hydrogen-bond acceptors (Lipinski definition) is 2. The molecule has 96 valence electrons. The van der Waals surface area contributed by atoms with E-state index in [9.17, 15) is 4.79 Å². The summed E-state index contributed by atoms with van der Waals surface area (Å²) in [6, 6.07) is 6.43. The number of amides is 1. The second-order valence-corrected chi connectivity index (χ2v) is 5.42. The van der Waals surface area contributed by atoms with Gasteiger partial charge >= 0.3 is 0 Å². The molecule has 3 heteroatoms. The van der Waals surface area contributed by atoms with E-state index in [-0.39, 0.29) is 5.91 Å². The van der Waals surface area contributed by atoms with Gasteiger partial charge in [-0.2, -0.15) is 0 Å². The number of carbonyl (C=O) groups excluding carboxylic acids is 1. The van der Waals surface area contributed by atoms with Gasteiger partial charge in [-0.1, -0.05) is 18.2 Å². The maximum Gasteiger partial charge on any atom is 0.224 e. The molecule has 3 nitrogen and oxygen atoms in total. The molecule has 3 rings (SSSR count). The van der Waals surface area contributed by atoms with E-state index in [1.807, 2.05) is 0 Å². The molecule has 0 aromatic heterocycles. The molecule has 1 amide bonds. The maximum atomic E-state index is 11.5. The van der Waals surface area contributed by atoms with Crippen LogP contribution < -0.4 is 10.6 Å². The van der Waals surface area contributed by atoms with Gasteiger partial charge in [0.25, 0.3) is 0 Å². The summed E-state index contributed by atoms with van der Waals surface area (Å²) in [4.78, 5) is 11.5. The Bertz CT molecular complexity index is 450. The average Bonchev–Trinajstić information content (AvgIpc) is 2.41. The number of anilines is 1. The highest BCUT2D eigenvalue weighted by Gasteiger charge is 2.20. The van der Waals surface area contributed by atoms with Crippen LogP contribution in [-0.4, -0.2) is 19.0 Å². The first-order chi connectivity index (χ1) is 8.83. The zero-order valence-electron chi connectivity index (χ0n) is 10.7. The van der Waals surface area contributed by atoms with E-state index < -0.39 is 0 Å². The van der Waals surface area contributed by atoms with Crippen molar-refractivity contribution in [2.45, 2.75) is 32.1 Å². The Morgan fingerprint density at radius 3 is 3.06 bits per heavy atom. The lowest BCUT2D eigenvalue weighted by molar-refractivity contribution is -0.116. The molecule has 0 bridgehead atoms. The minimum atomic E-state index is 0.164. The molecule has 1 aromatic rings. The molecule has 1 unspecified atom stereocenters. The molecule has 18 heavy (non-hydrogen) atoms. The van der Waals surface area contributed by atoms with Crippen molar-refractivity contribution in [1.29, 1.82) is 0 Å². The smallest absolute Gasteiger partial charge is 0.224 e. The van der Waals surface area contributed by atoms with Crippen molar-refractivity contribution in [2.24, 2.45) is 5.92 Å². The number of piperidine rings is 1. The van der Waals surface area contributed by atoms with Gasteiger partial charge in [-0.15, -0.1) is 0 Å². The van der Waals surface area contributed by atoms with E-state index in [1.54, 1.807) is 0 Å². The highest BCUT2D eigenvalue weighted by molar-refractivity contribution is 5.94. The van der Waals surface area contributed by atoms with Gasteiger partial charge in [-0.3, -0.25) is 4.79 Å². The fourth-order valence-corrected chi connectivity index (χ4v) is 3.05. The molecule has 1 atom stereocenters. The summed E-state index contributed by atoms with van der Waals surface area (Å²) < 4.78 is 0. The molecule has 0 aliphatic carbocycles. The van der Waals surface area contributed by atoms with E-state index in [0.29, 0.717) is 12.3 Å². The van der Waals surface area contributed by atoms with Crippen molar-refractivity contribution in [3.05, 3.63) is 29.3 Å². The van der Waals surface area contributed by atoms with E-state index in [1.165, 1.54) is 24.0 Å². The van der Waals surface area contributed by atoms with Crippen LogP contribution in [0.1, 0.15) is 30.4 Å². The van der Waals surface area contributed by atoms with Crippen LogP contribution in [-0.2, 0) is 17.6 Å². The second-order valence-electron chi connectivity index (χ2n) is 5.42. The molecule has 1 saturated heterocycles. The van der Waals surface area contributed by atoms with Crippen LogP contribution in [0.15, 0.2) is 18.2 Å². The number of benzene rings is 1. The quantitative estimate of drug-likeness (QED) is 0.836. The summed E-state index contributed by atoms with van der Waals surface area (Å²) in [5.41, 5.74) is 3.71. The van der Waals surface area contributed by atoms with Crippen molar-refractivity contribution in [1.82, 2.24) is 5.32 Å². The van der Waals surface area contributed by atoms with Crippen LogP contribution in [0.2, 0.25) is 0 Å². The van der Waals surface area contributed by atoms with Crippen LogP contribution in [0, 0.1) is 5.92 Å². The number of rotatable bonds is 2. The molecule has 2 aliphatic rings. The third-order valence-corrected chi connectivity index (χ3v) is 4.03. The molecule has 0 radical (unpaired) electrons. The number of fused-ring (bicyclic) bond motifs is 1. The zero-order chi connectivity index (χ0) is 12.4. The van der Waals surface area contributed by atoms with Crippen LogP contribution in [0.25, 0.3) is 0 Å². The first-order valence-corrected chi connectivity index (χ1v) is 6.94. The van der Waals surface area contributed by atoms with Crippen LogP contribution >= 0.6 is 0 Å². The first-order valence-electron chi connectivity index (χ1n) is 6.94. The number of para-hydroxylation sites is 1. The van der Waals surface area contributed by atoms with Gasteiger partial charge in [0.2, 0.25) is 5.91 Å². The Morgan fingerprint density at radius 2 is 2.22 bits per heavy atom. The van der Waals surface area contributed by atoms with Gasteiger partial charge in [0.05, 0.1) is 0 Å². The predicted octanol–water partition coefficient (Wildman–Crippen LogP) is 2.11. The van der Waals surface area contributed by atoms with Gasteiger partial charge < -0.3 is 10.6 Å². The Kier molecular flexibility index (Phi) is 3.33. The molecular formula is C15H20N2O. The highest BCUT2D eigenvalue weighted by Crippen LogP contribution is 2.29. The average molecular weight is 244 g/mol. The van der Waals surface area contributed by atoms with E-state index in [4.69, 9.17) is 0 Å². The lowest BCUT2D eigenvalue weighted by Gasteiger charge is -2.26. The number of hydrogen-bond donors (Lipinski definition) is 2. The van der Waals surface area contributed by atoms with Gasteiger partial charge in [-0.05, 0) is 55.8 Å². The van der Waals surface area contributed by atoms with Crippen molar-refractivity contribution in [3.8, 4) is 0 Å². The number of carbonyl (C=O) groups is 1. The summed E-state index contributed by atoms with van der Waals surface area (Å²) in [5, 5.41) is 6.52. The Hall–Kier alpha value is -1.35. The maximum absolute atomic E-state index is 11.5. The molecule has 2 heterocycles. The van der Waals surface area contributed by atoms with Gasteiger partial charge in [0.15, 0.2) is 0 Å². The fourth-order valence-electron chi connectivity index (χ4n) is 3.05. The van der Waals surface area contributed by atoms with E-state index in [2.05, 4.69) is 28.8 Å². The van der Waals surface area contributed by atoms with E-state index >= 15 is 0 Å². The molecule has 2 N–H and O–H groups in total. The Morgan fingerprint density at radius 1 is 1.28 bits per heavy atom. The standard InChI is InChI=1S/C15H20N2O/c18-14-7-6-12-4-1-5-13(15(12)17-14)9-11-3-2-8-16-10-11/h1,4-5,11,16H,2-3,6-10H2,(H,17,18). The van der Waals surface area contributed by atoms with Crippen molar-refractivity contribution in [3.63, 3.8) is 0 Å². The minimum absolute atomic E-state index is 0.164. The zero-order valence-corrected chi connectivity index (χ0v) is 10.7. The summed E-state index contributed by atoms with van der Waals surface area (Å²) in [6.45, 7) is 2.26. The van der Waals surface area contributed by atoms with Crippen LogP contribution in [0.4, 0.5) is 5.69 Å². The van der Waals surface area contributed by atoms with Gasteiger partial charge in [0, 0.05) is 12.1 Å². The van der Waals surface area contributed by atoms with Crippen LogP contribution in [0.3, 0.4) is 0 Å². The second kappa shape index (κ2) is 5.11. The topological polar surface area (TPSA) is 41.1 Å². The SMILES string of the molecule is O=C1CCc2cccc(CC3CCCNC3)c2N1. The third kappa shape index (κ3) is 2.41. The molecular weight excluding hydrogens is 224 g/mol. The number of nitrogens with one attached hydrogen (secondary N) is 2. The van der Waals surface area contributed by atoms with Crippen molar-refractivity contribution in [2.75, 3.05) is 18.4 Å². The summed E-state index contributed by atoms with van der Waals surface area (Å²) >= 11 is 0. The predicted molar refractivity (Wildman–Crippen MR) is 72.7 cm³/mol. The Labute approximate surface area is 108 Å². The largest absolute Gasteiger partial charge is 0.326 e.